The van der Waals surface area contributed by atoms with Crippen LogP contribution in [-0.4, -0.2) is 83.9 Å². The summed E-state index contributed by atoms with van der Waals surface area (Å²) >= 11 is 3.70. The molecule has 3 rings (SSSR count). The predicted octanol–water partition coefficient (Wildman–Crippen LogP) is 1.40. The van der Waals surface area contributed by atoms with Crippen LogP contribution in [0.15, 0.2) is 41.3 Å². The van der Waals surface area contributed by atoms with E-state index in [0.717, 1.165) is 11.6 Å². The third-order valence-electron chi connectivity index (χ3n) is 5.71. The van der Waals surface area contributed by atoms with Crippen molar-refractivity contribution in [2.24, 2.45) is 0 Å². The van der Waals surface area contributed by atoms with Crippen molar-refractivity contribution in [3.05, 3.63) is 52.5 Å². The zero-order valence-electron chi connectivity index (χ0n) is 21.5. The van der Waals surface area contributed by atoms with Crippen molar-refractivity contribution in [1.29, 1.82) is 0 Å². The second kappa shape index (κ2) is 14.2. The Hall–Kier alpha value is -2.83. The van der Waals surface area contributed by atoms with Crippen LogP contribution in [0, 0.1) is 0 Å². The topological polar surface area (TPSA) is 184 Å². The molecule has 14 nitrogen and oxygen atoms in total. The van der Waals surface area contributed by atoms with E-state index in [1.54, 1.807) is 26.2 Å². The lowest BCUT2D eigenvalue weighted by atomic mass is 10.1. The van der Waals surface area contributed by atoms with Crippen molar-refractivity contribution in [2.45, 2.75) is 30.9 Å². The summed E-state index contributed by atoms with van der Waals surface area (Å²) in [6.45, 7) is 2.15. The molecule has 0 bridgehead atoms. The van der Waals surface area contributed by atoms with Gasteiger partial charge in [0.1, 0.15) is 12.4 Å². The molecular formula is C23H29ClN4O10S2. The number of nitrogens with zero attached hydrogens (tertiary/aromatic N) is 2. The van der Waals surface area contributed by atoms with Gasteiger partial charge in [-0.1, -0.05) is 30.7 Å². The van der Waals surface area contributed by atoms with Crippen LogP contribution in [0.25, 0.3) is 0 Å². The number of aliphatic carboxylic acids is 1. The zero-order valence-corrected chi connectivity index (χ0v) is 23.9. The van der Waals surface area contributed by atoms with Crippen LogP contribution in [0.4, 0.5) is 5.69 Å². The van der Waals surface area contributed by atoms with Crippen LogP contribution in [0.3, 0.4) is 0 Å². The van der Waals surface area contributed by atoms with Crippen LogP contribution in [0.1, 0.15) is 18.1 Å². The summed E-state index contributed by atoms with van der Waals surface area (Å²) in [4.78, 5) is 25.3. The lowest BCUT2D eigenvalue weighted by Crippen LogP contribution is -2.57. The van der Waals surface area contributed by atoms with Gasteiger partial charge in [-0.2, -0.15) is 5.12 Å². The van der Waals surface area contributed by atoms with Crippen molar-refractivity contribution in [3.63, 3.8) is 0 Å². The first kappa shape index (κ1) is 31.7. The van der Waals surface area contributed by atoms with E-state index in [4.69, 9.17) is 35.5 Å². The molecule has 0 saturated carbocycles. The highest BCUT2D eigenvalue weighted by molar-refractivity contribution is 7.89. The minimum absolute atomic E-state index is 0.00594. The Kier molecular flexibility index (Phi) is 11.2. The number of rotatable bonds is 13. The number of methoxy groups -OCH3 is 1. The van der Waals surface area contributed by atoms with Crippen LogP contribution in [-0.2, 0) is 53.3 Å². The largest absolute Gasteiger partial charge is 0.490 e. The molecule has 4 N–H and O–H groups in total. The molecule has 1 aliphatic heterocycles. The number of nitrogens with one attached hydrogen (secondary N) is 2. The number of likely N-dealkylation sites (N-methyl/N-ethyl adjacent to an activating group) is 1. The Balaban J connectivity index is 1.78. The number of hydrogen-bond donors (Lipinski definition) is 4. The van der Waals surface area contributed by atoms with Gasteiger partial charge in [-0.25, -0.2) is 27.2 Å². The maximum absolute atomic E-state index is 13.0. The van der Waals surface area contributed by atoms with Crippen molar-refractivity contribution < 1.29 is 46.1 Å². The molecule has 0 amide bonds. The first-order chi connectivity index (χ1) is 18.9. The number of hydrazine groups is 2. The Morgan fingerprint density at radius 1 is 1.27 bits per heavy atom. The summed E-state index contributed by atoms with van der Waals surface area (Å²) in [6, 6.07) is 9.62. The van der Waals surface area contributed by atoms with Gasteiger partial charge in [0.2, 0.25) is 0 Å². The molecular weight excluding hydrogens is 592 g/mol. The third kappa shape index (κ3) is 8.58. The monoisotopic (exact) mass is 620 g/mol. The highest BCUT2D eigenvalue weighted by atomic mass is 35.5. The fraction of sp³-hybridized carbons (Fsp3) is 0.391. The number of fused-ring (bicyclic) bond motifs is 1. The van der Waals surface area contributed by atoms with E-state index in [1.165, 1.54) is 16.2 Å². The van der Waals surface area contributed by atoms with Gasteiger partial charge in [0.05, 0.1) is 35.3 Å². The molecule has 1 heterocycles. The normalized spacial score (nSPS) is 16.1. The molecule has 0 spiro atoms. The molecule has 1 aliphatic rings. The molecule has 2 aromatic carbocycles. The average Bonchev–Trinajstić information content (AvgIpc) is 2.89. The first-order valence-corrected chi connectivity index (χ1v) is 14.8. The van der Waals surface area contributed by atoms with E-state index >= 15 is 0 Å². The lowest BCUT2D eigenvalue weighted by molar-refractivity contribution is -0.171. The molecule has 0 saturated heterocycles. The van der Waals surface area contributed by atoms with Gasteiger partial charge in [-0.05, 0) is 41.8 Å². The van der Waals surface area contributed by atoms with Crippen molar-refractivity contribution >= 4 is 50.5 Å². The standard InChI is InChI=1S/C23H29ClN4O10S2/c1-3-27(28-12-16-10-19(24)20(25-39(32)33)11-21(16)40(34,35)26-28)13-18(38-23(31)22(29)30)14-37-17-6-4-15(5-7-17)8-9-36-2/h4-7,10-11,18,25-26H,3,8-9,12-14H2,1-2H3,(H,29,30)(H,32,33). The highest BCUT2D eigenvalue weighted by Crippen LogP contribution is 2.32. The molecule has 17 heteroatoms. The molecule has 0 aromatic heterocycles. The fourth-order valence-corrected chi connectivity index (χ4v) is 5.74. The van der Waals surface area contributed by atoms with Crippen LogP contribution in [0.5, 0.6) is 5.75 Å². The predicted molar refractivity (Wildman–Crippen MR) is 144 cm³/mol. The Morgan fingerprint density at radius 2 is 1.98 bits per heavy atom. The van der Waals surface area contributed by atoms with Gasteiger partial charge in [0.25, 0.3) is 21.3 Å². The third-order valence-corrected chi connectivity index (χ3v) is 7.82. The van der Waals surface area contributed by atoms with E-state index in [2.05, 4.69) is 9.55 Å². The summed E-state index contributed by atoms with van der Waals surface area (Å²) in [5.41, 5.74) is 1.27. The number of carbonyl (C=O) groups is 2. The number of benzene rings is 2. The van der Waals surface area contributed by atoms with Crippen LogP contribution >= 0.6 is 11.6 Å². The van der Waals surface area contributed by atoms with E-state index in [0.29, 0.717) is 24.3 Å². The smallest absolute Gasteiger partial charge is 0.417 e. The number of ether oxygens (including phenoxy) is 3. The molecule has 2 atom stereocenters. The zero-order chi connectivity index (χ0) is 29.4. The average molecular weight is 621 g/mol. The second-order valence-corrected chi connectivity index (χ2v) is 11.2. The molecule has 220 valence electrons. The Morgan fingerprint density at radius 3 is 2.58 bits per heavy atom. The van der Waals surface area contributed by atoms with Gasteiger partial charge < -0.3 is 19.3 Å². The van der Waals surface area contributed by atoms with Crippen LogP contribution < -0.4 is 14.3 Å². The van der Waals surface area contributed by atoms with Gasteiger partial charge >= 0.3 is 11.9 Å². The summed E-state index contributed by atoms with van der Waals surface area (Å²) in [6.07, 6.45) is -0.391. The van der Waals surface area contributed by atoms with E-state index < -0.39 is 39.3 Å². The van der Waals surface area contributed by atoms with Gasteiger partial charge in [-0.15, -0.1) is 4.83 Å². The Labute approximate surface area is 238 Å². The SMILES string of the molecule is CCN(CC(COc1ccc(CCOC)cc1)OC(=O)C(=O)O)N1Cc2cc(Cl)c(NS(=O)O)cc2S(=O)(=O)N1. The summed E-state index contributed by atoms with van der Waals surface area (Å²) in [7, 11) is -2.54. The minimum Gasteiger partial charge on any atom is -0.490 e. The molecule has 40 heavy (non-hydrogen) atoms. The van der Waals surface area contributed by atoms with Crippen molar-refractivity contribution in [3.8, 4) is 5.75 Å². The number of halogens is 1. The first-order valence-electron chi connectivity index (χ1n) is 11.8. The molecule has 0 fully saturated rings. The van der Waals surface area contributed by atoms with Gasteiger partial charge in [-0.3, -0.25) is 9.27 Å². The number of sulfonamides is 1. The summed E-state index contributed by atoms with van der Waals surface area (Å²) < 4.78 is 64.3. The maximum Gasteiger partial charge on any atom is 0.417 e. The fourth-order valence-electron chi connectivity index (χ4n) is 3.80. The molecule has 2 unspecified atom stereocenters. The van der Waals surface area contributed by atoms with E-state index in [9.17, 15) is 22.2 Å². The Bertz CT molecular complexity index is 1340. The van der Waals surface area contributed by atoms with Gasteiger partial charge in [0.15, 0.2) is 6.10 Å². The lowest BCUT2D eigenvalue weighted by Gasteiger charge is -2.38. The number of esters is 1. The number of anilines is 1. The number of carboxylic acids is 1. The number of carbonyl (C=O) groups excluding carboxylic acids is 1. The molecule has 0 aliphatic carbocycles. The number of carboxylic acid groups (broad SMARTS) is 1. The van der Waals surface area contributed by atoms with Crippen molar-refractivity contribution in [2.75, 3.05) is 38.1 Å². The molecule has 2 aromatic rings. The molecule has 0 radical (unpaired) electrons. The van der Waals surface area contributed by atoms with Gasteiger partial charge in [0, 0.05) is 13.7 Å². The van der Waals surface area contributed by atoms with Crippen LogP contribution in [0.2, 0.25) is 5.02 Å². The number of hydrogen-bond acceptors (Lipinski definition) is 10. The van der Waals surface area contributed by atoms with E-state index in [1.807, 2.05) is 12.1 Å². The quantitative estimate of drug-likeness (QED) is 0.144. The van der Waals surface area contributed by atoms with Crippen molar-refractivity contribution in [1.82, 2.24) is 15.0 Å². The summed E-state index contributed by atoms with van der Waals surface area (Å²) in [5.74, 6) is -2.82. The minimum atomic E-state index is -4.15. The highest BCUT2D eigenvalue weighted by Gasteiger charge is 2.34. The summed E-state index contributed by atoms with van der Waals surface area (Å²) in [5, 5.41) is 11.8. The van der Waals surface area contributed by atoms with E-state index in [-0.39, 0.29) is 41.8 Å². The second-order valence-electron chi connectivity index (χ2n) is 8.48. The maximum atomic E-state index is 13.0.